The topological polar surface area (TPSA) is 118 Å². The smallest absolute Gasteiger partial charge is 0.433 e. The number of aliphatic hydroxyl groups is 2. The van der Waals surface area contributed by atoms with Crippen LogP contribution in [0, 0.1) is 0 Å². The standard InChI is InChI=1S/C30H29ClF6N4O4/c1-15(2)44-21-7-4-18(17-5-8-23(30(35,36)37)39-24(17)21)26-40-25(22(14-38)45-26)27(42)41-11-9-28(43,10-12-41)16-3-6-20(31)19(13-16)29(32,33)34/h3-8,13,15,27,42-43H,9-12,14,38H2,1-2H3. The molecule has 45 heavy (non-hydrogen) atoms. The Hall–Kier alpha value is -3.43. The molecule has 0 amide bonds. The third-order valence-corrected chi connectivity index (χ3v) is 7.97. The zero-order chi connectivity index (χ0) is 32.9. The van der Waals surface area contributed by atoms with Crippen molar-refractivity contribution in [3.63, 3.8) is 0 Å². The second kappa shape index (κ2) is 12.1. The van der Waals surface area contributed by atoms with Gasteiger partial charge in [-0.15, -0.1) is 0 Å². The third-order valence-electron chi connectivity index (χ3n) is 7.64. The fraction of sp³-hybridized carbons (Fsp3) is 0.400. The largest absolute Gasteiger partial charge is 0.489 e. The van der Waals surface area contributed by atoms with E-state index >= 15 is 0 Å². The average Bonchev–Trinajstić information content (AvgIpc) is 3.40. The molecule has 8 nitrogen and oxygen atoms in total. The van der Waals surface area contributed by atoms with Crippen LogP contribution in [0.5, 0.6) is 5.75 Å². The fourth-order valence-electron chi connectivity index (χ4n) is 5.34. The minimum Gasteiger partial charge on any atom is -0.489 e. The second-order valence-corrected chi connectivity index (χ2v) is 11.4. The van der Waals surface area contributed by atoms with Gasteiger partial charge in [-0.2, -0.15) is 26.3 Å². The molecule has 3 heterocycles. The number of rotatable bonds is 7. The molecule has 0 aliphatic carbocycles. The van der Waals surface area contributed by atoms with Crippen molar-refractivity contribution in [3.05, 3.63) is 75.8 Å². The molecule has 0 bridgehead atoms. The van der Waals surface area contributed by atoms with Gasteiger partial charge in [-0.25, -0.2) is 9.97 Å². The van der Waals surface area contributed by atoms with Crippen LogP contribution in [0.1, 0.15) is 61.2 Å². The van der Waals surface area contributed by atoms with E-state index in [-0.39, 0.29) is 83.7 Å². The number of aliphatic hydroxyl groups excluding tert-OH is 1. The van der Waals surface area contributed by atoms with E-state index in [4.69, 9.17) is 26.5 Å². The number of ether oxygens (including phenoxy) is 1. The summed E-state index contributed by atoms with van der Waals surface area (Å²) in [5.41, 5.74) is 2.46. The molecule has 1 saturated heterocycles. The van der Waals surface area contributed by atoms with Gasteiger partial charge in [0.2, 0.25) is 5.89 Å². The normalized spacial score (nSPS) is 16.8. The molecule has 1 unspecified atom stereocenters. The van der Waals surface area contributed by atoms with Gasteiger partial charge in [0.1, 0.15) is 28.4 Å². The Kier molecular flexibility index (Phi) is 8.83. The number of halogens is 7. The lowest BCUT2D eigenvalue weighted by Gasteiger charge is -2.40. The van der Waals surface area contributed by atoms with Crippen molar-refractivity contribution in [1.29, 1.82) is 0 Å². The number of alkyl halides is 6. The van der Waals surface area contributed by atoms with Gasteiger partial charge in [-0.05, 0) is 68.7 Å². The maximum absolute atomic E-state index is 13.5. The van der Waals surface area contributed by atoms with Crippen molar-refractivity contribution < 1.29 is 45.7 Å². The quantitative estimate of drug-likeness (QED) is 0.186. The van der Waals surface area contributed by atoms with Crippen molar-refractivity contribution in [2.24, 2.45) is 5.73 Å². The highest BCUT2D eigenvalue weighted by atomic mass is 35.5. The molecule has 1 atom stereocenters. The number of aromatic nitrogens is 2. The number of likely N-dealkylation sites (tertiary alicyclic amines) is 1. The van der Waals surface area contributed by atoms with E-state index in [0.29, 0.717) is 0 Å². The van der Waals surface area contributed by atoms with Gasteiger partial charge >= 0.3 is 12.4 Å². The van der Waals surface area contributed by atoms with Gasteiger partial charge in [-0.3, -0.25) is 4.90 Å². The lowest BCUT2D eigenvalue weighted by molar-refractivity contribution is -0.141. The maximum Gasteiger partial charge on any atom is 0.433 e. The number of hydrogen-bond donors (Lipinski definition) is 3. The van der Waals surface area contributed by atoms with Crippen LogP contribution in [0.25, 0.3) is 22.4 Å². The zero-order valence-corrected chi connectivity index (χ0v) is 24.8. The third kappa shape index (κ3) is 6.61. The first kappa shape index (κ1) is 32.9. The Balaban J connectivity index is 1.43. The monoisotopic (exact) mass is 658 g/mol. The van der Waals surface area contributed by atoms with Gasteiger partial charge in [0, 0.05) is 24.0 Å². The summed E-state index contributed by atoms with van der Waals surface area (Å²) in [7, 11) is 0. The van der Waals surface area contributed by atoms with Gasteiger partial charge in [-0.1, -0.05) is 17.7 Å². The molecule has 4 N–H and O–H groups in total. The summed E-state index contributed by atoms with van der Waals surface area (Å²) in [6.45, 7) is 3.41. The van der Waals surface area contributed by atoms with Crippen LogP contribution in [-0.2, 0) is 24.5 Å². The number of piperidine rings is 1. The Bertz CT molecular complexity index is 1700. The number of fused-ring (bicyclic) bond motifs is 1. The SMILES string of the molecule is CC(C)Oc1ccc(-c2nc(C(O)N3CCC(O)(c4ccc(Cl)c(C(F)(F)F)c4)CC3)c(CN)o2)c2ccc(C(F)(F)F)nc12. The first-order valence-electron chi connectivity index (χ1n) is 13.9. The van der Waals surface area contributed by atoms with Gasteiger partial charge in [0.15, 0.2) is 6.23 Å². The predicted molar refractivity (Wildman–Crippen MR) is 152 cm³/mol. The van der Waals surface area contributed by atoms with Crippen molar-refractivity contribution in [2.45, 2.75) is 63.5 Å². The van der Waals surface area contributed by atoms with Crippen molar-refractivity contribution in [2.75, 3.05) is 13.1 Å². The maximum atomic E-state index is 13.5. The van der Waals surface area contributed by atoms with Crippen molar-refractivity contribution >= 4 is 22.5 Å². The van der Waals surface area contributed by atoms with E-state index in [1.165, 1.54) is 18.2 Å². The molecule has 2 aromatic heterocycles. The number of oxazole rings is 1. The molecule has 0 spiro atoms. The highest BCUT2D eigenvalue weighted by molar-refractivity contribution is 6.31. The minimum absolute atomic E-state index is 0.0131. The molecular weight excluding hydrogens is 630 g/mol. The van der Waals surface area contributed by atoms with E-state index in [9.17, 15) is 36.6 Å². The minimum atomic E-state index is -4.70. The van der Waals surface area contributed by atoms with Crippen LogP contribution in [0.2, 0.25) is 5.02 Å². The fourth-order valence-corrected chi connectivity index (χ4v) is 5.57. The molecule has 242 valence electrons. The summed E-state index contributed by atoms with van der Waals surface area (Å²) < 4.78 is 92.2. The first-order valence-corrected chi connectivity index (χ1v) is 14.3. The van der Waals surface area contributed by atoms with E-state index < -0.39 is 40.5 Å². The van der Waals surface area contributed by atoms with Gasteiger partial charge in [0.05, 0.1) is 28.8 Å². The summed E-state index contributed by atoms with van der Waals surface area (Å²) in [4.78, 5) is 9.82. The molecular formula is C30H29ClF6N4O4. The molecule has 1 aliphatic heterocycles. The van der Waals surface area contributed by atoms with Crippen molar-refractivity contribution in [1.82, 2.24) is 14.9 Å². The van der Waals surface area contributed by atoms with Crippen LogP contribution in [-0.4, -0.2) is 44.3 Å². The van der Waals surface area contributed by atoms with Crippen molar-refractivity contribution in [3.8, 4) is 17.2 Å². The molecule has 4 aromatic rings. The number of hydrogen-bond acceptors (Lipinski definition) is 8. The van der Waals surface area contributed by atoms with Gasteiger partial charge < -0.3 is 25.1 Å². The van der Waals surface area contributed by atoms with Crippen LogP contribution in [0.15, 0.2) is 46.9 Å². The van der Waals surface area contributed by atoms with Crippen LogP contribution >= 0.6 is 11.6 Å². The average molecular weight is 659 g/mol. The Morgan fingerprint density at radius 1 is 1.02 bits per heavy atom. The molecule has 15 heteroatoms. The highest BCUT2D eigenvalue weighted by Crippen LogP contribution is 2.42. The summed E-state index contributed by atoms with van der Waals surface area (Å²) in [6.07, 6.45) is -11.1. The predicted octanol–water partition coefficient (Wildman–Crippen LogP) is 6.80. The summed E-state index contributed by atoms with van der Waals surface area (Å²) in [5, 5.41) is 22.3. The lowest BCUT2D eigenvalue weighted by Crippen LogP contribution is -2.44. The molecule has 1 fully saturated rings. The molecule has 0 radical (unpaired) electrons. The Labute approximate surface area is 258 Å². The molecule has 1 aliphatic rings. The summed E-state index contributed by atoms with van der Waals surface area (Å²) in [5.74, 6) is 0.215. The zero-order valence-electron chi connectivity index (χ0n) is 24.0. The van der Waals surface area contributed by atoms with Crippen LogP contribution < -0.4 is 10.5 Å². The molecule has 5 rings (SSSR count). The summed E-state index contributed by atoms with van der Waals surface area (Å²) >= 11 is 5.73. The van der Waals surface area contributed by atoms with E-state index in [1.54, 1.807) is 24.8 Å². The number of pyridine rings is 1. The number of benzene rings is 2. The Morgan fingerprint density at radius 2 is 1.71 bits per heavy atom. The second-order valence-electron chi connectivity index (χ2n) is 11.0. The van der Waals surface area contributed by atoms with Gasteiger partial charge in [0.25, 0.3) is 0 Å². The first-order chi connectivity index (χ1) is 21.0. The number of nitrogens with zero attached hydrogens (tertiary/aromatic N) is 3. The molecule has 0 saturated carbocycles. The van der Waals surface area contributed by atoms with Crippen LogP contribution in [0.4, 0.5) is 26.3 Å². The number of nitrogens with two attached hydrogens (primary N) is 1. The van der Waals surface area contributed by atoms with E-state index in [2.05, 4.69) is 9.97 Å². The van der Waals surface area contributed by atoms with E-state index in [1.807, 2.05) is 0 Å². The lowest BCUT2D eigenvalue weighted by atomic mass is 9.83. The van der Waals surface area contributed by atoms with E-state index in [0.717, 1.165) is 18.2 Å². The summed E-state index contributed by atoms with van der Waals surface area (Å²) in [6, 6.07) is 8.35. The highest BCUT2D eigenvalue weighted by Gasteiger charge is 2.40. The Morgan fingerprint density at radius 3 is 2.31 bits per heavy atom. The molecule has 2 aromatic carbocycles. The van der Waals surface area contributed by atoms with Crippen LogP contribution in [0.3, 0.4) is 0 Å².